The highest BCUT2D eigenvalue weighted by Gasteiger charge is 2.29. The Balaban J connectivity index is 2.30. The second kappa shape index (κ2) is 12.0. The zero-order valence-corrected chi connectivity index (χ0v) is 17.1. The van der Waals surface area contributed by atoms with Crippen LogP contribution in [-0.4, -0.2) is 43.0 Å². The van der Waals surface area contributed by atoms with E-state index in [-0.39, 0.29) is 24.2 Å². The number of nitrogens with one attached hydrogen (secondary N) is 1. The molecule has 0 radical (unpaired) electrons. The summed E-state index contributed by atoms with van der Waals surface area (Å²) in [6, 6.07) is 15.0. The third-order valence-electron chi connectivity index (χ3n) is 4.61. The van der Waals surface area contributed by atoms with Crippen molar-refractivity contribution in [1.82, 2.24) is 10.2 Å². The van der Waals surface area contributed by atoms with Crippen LogP contribution in [0.15, 0.2) is 54.6 Å². The topological polar surface area (TPSA) is 58.6 Å². The molecule has 156 valence electrons. The maximum Gasteiger partial charge on any atom is 0.243 e. The molecule has 0 spiro atoms. The number of rotatable bonds is 11. The standard InChI is InChI=1S/C23H29FN2O3/c1-3-7-22(27)26(17-19-10-12-20(24)13-11-19)21(23(28)25-14-15-29-2)16-18-8-5-4-6-9-18/h4-6,8-13,21H,3,7,14-17H2,1-2H3,(H,25,28). The van der Waals surface area contributed by atoms with Gasteiger partial charge in [0.1, 0.15) is 11.9 Å². The molecule has 0 aliphatic heterocycles. The van der Waals surface area contributed by atoms with Crippen LogP contribution in [0.4, 0.5) is 4.39 Å². The molecule has 0 heterocycles. The number of nitrogens with zero attached hydrogens (tertiary/aromatic N) is 1. The Hall–Kier alpha value is -2.73. The molecule has 2 rings (SSSR count). The van der Waals surface area contributed by atoms with Crippen LogP contribution in [0.3, 0.4) is 0 Å². The van der Waals surface area contributed by atoms with Crippen LogP contribution in [0, 0.1) is 5.82 Å². The second-order valence-corrected chi connectivity index (χ2v) is 6.89. The lowest BCUT2D eigenvalue weighted by atomic mass is 10.0. The van der Waals surface area contributed by atoms with Crippen LogP contribution < -0.4 is 5.32 Å². The fraction of sp³-hybridized carbons (Fsp3) is 0.391. The highest BCUT2D eigenvalue weighted by molar-refractivity contribution is 5.88. The van der Waals surface area contributed by atoms with Crippen molar-refractivity contribution in [2.45, 2.75) is 38.8 Å². The minimum absolute atomic E-state index is 0.0975. The van der Waals surface area contributed by atoms with Gasteiger partial charge in [0.05, 0.1) is 6.61 Å². The lowest BCUT2D eigenvalue weighted by Crippen LogP contribution is -2.51. The molecule has 5 nitrogen and oxygen atoms in total. The van der Waals surface area contributed by atoms with Crippen LogP contribution in [0.5, 0.6) is 0 Å². The molecule has 0 aromatic heterocycles. The highest BCUT2D eigenvalue weighted by atomic mass is 19.1. The van der Waals surface area contributed by atoms with E-state index in [2.05, 4.69) is 5.32 Å². The first-order valence-corrected chi connectivity index (χ1v) is 9.89. The van der Waals surface area contributed by atoms with E-state index < -0.39 is 6.04 Å². The summed E-state index contributed by atoms with van der Waals surface area (Å²) >= 11 is 0. The van der Waals surface area contributed by atoms with Gasteiger partial charge in [0, 0.05) is 33.0 Å². The van der Waals surface area contributed by atoms with E-state index >= 15 is 0 Å². The minimum Gasteiger partial charge on any atom is -0.383 e. The normalized spacial score (nSPS) is 11.7. The van der Waals surface area contributed by atoms with Crippen LogP contribution in [0.1, 0.15) is 30.9 Å². The molecule has 2 aromatic carbocycles. The largest absolute Gasteiger partial charge is 0.383 e. The van der Waals surface area contributed by atoms with Crippen molar-refractivity contribution in [2.24, 2.45) is 0 Å². The molecule has 2 aromatic rings. The summed E-state index contributed by atoms with van der Waals surface area (Å²) in [4.78, 5) is 27.5. The first kappa shape index (κ1) is 22.6. The number of hydrogen-bond acceptors (Lipinski definition) is 3. The molecule has 29 heavy (non-hydrogen) atoms. The van der Waals surface area contributed by atoms with Gasteiger partial charge < -0.3 is 15.0 Å². The molecule has 1 atom stereocenters. The second-order valence-electron chi connectivity index (χ2n) is 6.89. The van der Waals surface area contributed by atoms with Gasteiger partial charge in [0.25, 0.3) is 0 Å². The fourth-order valence-electron chi connectivity index (χ4n) is 3.09. The number of methoxy groups -OCH3 is 1. The zero-order valence-electron chi connectivity index (χ0n) is 17.1. The van der Waals surface area contributed by atoms with Crippen molar-refractivity contribution in [1.29, 1.82) is 0 Å². The van der Waals surface area contributed by atoms with Gasteiger partial charge in [-0.3, -0.25) is 9.59 Å². The Morgan fingerprint density at radius 3 is 2.38 bits per heavy atom. The molecule has 0 aliphatic carbocycles. The van der Waals surface area contributed by atoms with Gasteiger partial charge in [-0.15, -0.1) is 0 Å². The van der Waals surface area contributed by atoms with Crippen molar-refractivity contribution < 1.29 is 18.7 Å². The van der Waals surface area contributed by atoms with Crippen molar-refractivity contribution in [3.8, 4) is 0 Å². The fourth-order valence-corrected chi connectivity index (χ4v) is 3.09. The van der Waals surface area contributed by atoms with Crippen molar-refractivity contribution in [3.63, 3.8) is 0 Å². The Morgan fingerprint density at radius 2 is 1.76 bits per heavy atom. The third kappa shape index (κ3) is 7.31. The average molecular weight is 400 g/mol. The lowest BCUT2D eigenvalue weighted by molar-refractivity contribution is -0.141. The Morgan fingerprint density at radius 1 is 1.07 bits per heavy atom. The maximum atomic E-state index is 13.3. The van der Waals surface area contributed by atoms with Gasteiger partial charge in [-0.25, -0.2) is 4.39 Å². The van der Waals surface area contributed by atoms with E-state index in [9.17, 15) is 14.0 Å². The van der Waals surface area contributed by atoms with Crippen molar-refractivity contribution in [2.75, 3.05) is 20.3 Å². The van der Waals surface area contributed by atoms with E-state index in [1.165, 1.54) is 12.1 Å². The van der Waals surface area contributed by atoms with Gasteiger partial charge in [-0.05, 0) is 29.7 Å². The Labute approximate surface area is 171 Å². The molecule has 0 saturated carbocycles. The molecule has 1 N–H and O–H groups in total. The van der Waals surface area contributed by atoms with Gasteiger partial charge in [0.2, 0.25) is 11.8 Å². The van der Waals surface area contributed by atoms with E-state index in [4.69, 9.17) is 4.74 Å². The third-order valence-corrected chi connectivity index (χ3v) is 4.61. The molecular formula is C23H29FN2O3. The van der Waals surface area contributed by atoms with E-state index in [1.54, 1.807) is 24.1 Å². The van der Waals surface area contributed by atoms with Crippen LogP contribution in [0.2, 0.25) is 0 Å². The van der Waals surface area contributed by atoms with Crippen molar-refractivity contribution in [3.05, 3.63) is 71.5 Å². The summed E-state index contributed by atoms with van der Waals surface area (Å²) in [5, 5.41) is 2.86. The summed E-state index contributed by atoms with van der Waals surface area (Å²) < 4.78 is 18.3. The van der Waals surface area contributed by atoms with Gasteiger partial charge >= 0.3 is 0 Å². The van der Waals surface area contributed by atoms with Crippen LogP contribution in [0.25, 0.3) is 0 Å². The number of carbonyl (C=O) groups is 2. The predicted molar refractivity (Wildman–Crippen MR) is 111 cm³/mol. The number of amides is 2. The number of ether oxygens (including phenoxy) is 1. The number of carbonyl (C=O) groups excluding carboxylic acids is 2. The summed E-state index contributed by atoms with van der Waals surface area (Å²) in [5.41, 5.74) is 1.74. The van der Waals surface area contributed by atoms with Crippen molar-refractivity contribution >= 4 is 11.8 Å². The summed E-state index contributed by atoms with van der Waals surface area (Å²) in [6.07, 6.45) is 1.43. The molecule has 1 unspecified atom stereocenters. The monoisotopic (exact) mass is 400 g/mol. The van der Waals surface area contributed by atoms with Gasteiger partial charge in [0.15, 0.2) is 0 Å². The summed E-state index contributed by atoms with van der Waals surface area (Å²) in [6.45, 7) is 2.94. The quantitative estimate of drug-likeness (QED) is 0.589. The lowest BCUT2D eigenvalue weighted by Gasteiger charge is -2.31. The van der Waals surface area contributed by atoms with Crippen LogP contribution in [-0.2, 0) is 27.3 Å². The van der Waals surface area contributed by atoms with E-state index in [0.717, 1.165) is 11.1 Å². The van der Waals surface area contributed by atoms with E-state index in [0.29, 0.717) is 32.4 Å². The summed E-state index contributed by atoms with van der Waals surface area (Å²) in [5.74, 6) is -0.657. The molecular weight excluding hydrogens is 371 g/mol. The molecule has 2 amide bonds. The predicted octanol–water partition coefficient (Wildman–Crippen LogP) is 3.33. The number of hydrogen-bond donors (Lipinski definition) is 1. The molecule has 0 bridgehead atoms. The average Bonchev–Trinajstić information content (AvgIpc) is 2.73. The Bertz CT molecular complexity index is 765. The smallest absolute Gasteiger partial charge is 0.243 e. The Kier molecular flexibility index (Phi) is 9.31. The molecule has 0 aliphatic rings. The molecule has 6 heteroatoms. The zero-order chi connectivity index (χ0) is 21.1. The van der Waals surface area contributed by atoms with Gasteiger partial charge in [-0.1, -0.05) is 49.4 Å². The SMILES string of the molecule is CCCC(=O)N(Cc1ccc(F)cc1)C(Cc1ccccc1)C(=O)NCCOC. The first-order chi connectivity index (χ1) is 14.0. The molecule has 0 fully saturated rings. The van der Waals surface area contributed by atoms with E-state index in [1.807, 2.05) is 37.3 Å². The number of halogens is 1. The van der Waals surface area contributed by atoms with Gasteiger partial charge in [-0.2, -0.15) is 0 Å². The first-order valence-electron chi connectivity index (χ1n) is 9.89. The van der Waals surface area contributed by atoms with Crippen LogP contribution >= 0.6 is 0 Å². The summed E-state index contributed by atoms with van der Waals surface area (Å²) in [7, 11) is 1.57. The maximum absolute atomic E-state index is 13.3. The number of benzene rings is 2. The highest BCUT2D eigenvalue weighted by Crippen LogP contribution is 2.16. The minimum atomic E-state index is -0.668. The molecule has 0 saturated heterocycles.